The van der Waals surface area contributed by atoms with E-state index in [-0.39, 0.29) is 5.56 Å². The van der Waals surface area contributed by atoms with Crippen LogP contribution in [0.3, 0.4) is 0 Å². The molecule has 31 heavy (non-hydrogen) atoms. The molecule has 1 aliphatic rings. The highest BCUT2D eigenvalue weighted by atomic mass is 35.5. The molecule has 0 unspecified atom stereocenters. The predicted molar refractivity (Wildman–Crippen MR) is 125 cm³/mol. The molecule has 3 aromatic rings. The van der Waals surface area contributed by atoms with E-state index in [1.165, 1.54) is 12.8 Å². The summed E-state index contributed by atoms with van der Waals surface area (Å²) in [5.41, 5.74) is 1.88. The quantitative estimate of drug-likeness (QED) is 0.235. The van der Waals surface area contributed by atoms with Crippen LogP contribution in [0.2, 0.25) is 5.02 Å². The fourth-order valence-corrected chi connectivity index (χ4v) is 4.08. The largest absolute Gasteiger partial charge is 0.490 e. The Kier molecular flexibility index (Phi) is 6.92. The van der Waals surface area contributed by atoms with Crippen molar-refractivity contribution in [2.75, 3.05) is 24.6 Å². The Morgan fingerprint density at radius 3 is 2.65 bits per heavy atom. The fourth-order valence-electron chi connectivity index (χ4n) is 3.85. The molecule has 0 bridgehead atoms. The van der Waals surface area contributed by atoms with Gasteiger partial charge in [-0.15, -0.1) is 0 Å². The number of para-hydroxylation sites is 2. The Morgan fingerprint density at radius 2 is 1.87 bits per heavy atom. The van der Waals surface area contributed by atoms with Crippen LogP contribution in [0.4, 0.5) is 5.69 Å². The van der Waals surface area contributed by atoms with E-state index < -0.39 is 5.97 Å². The first-order valence-electron chi connectivity index (χ1n) is 10.9. The molecule has 1 saturated heterocycles. The van der Waals surface area contributed by atoms with E-state index in [9.17, 15) is 4.79 Å². The summed E-state index contributed by atoms with van der Waals surface area (Å²) < 4.78 is 11.5. The Labute approximate surface area is 187 Å². The average Bonchev–Trinajstić information content (AvgIpc) is 3.32. The van der Waals surface area contributed by atoms with Gasteiger partial charge in [0, 0.05) is 18.5 Å². The third-order valence-corrected chi connectivity index (χ3v) is 5.84. The Balaban J connectivity index is 1.58. The number of aromatic nitrogens is 1. The molecule has 1 aliphatic heterocycles. The smallest absolute Gasteiger partial charge is 0.347 e. The normalized spacial score (nSPS) is 13.5. The van der Waals surface area contributed by atoms with E-state index in [2.05, 4.69) is 22.9 Å². The third kappa shape index (κ3) is 4.93. The van der Waals surface area contributed by atoms with Gasteiger partial charge < -0.3 is 14.4 Å². The van der Waals surface area contributed by atoms with Gasteiger partial charge in [0.1, 0.15) is 5.56 Å². The number of unbranched alkanes of at least 4 members (excludes halogenated alkanes) is 2. The van der Waals surface area contributed by atoms with E-state index in [0.29, 0.717) is 28.6 Å². The van der Waals surface area contributed by atoms with Gasteiger partial charge in [-0.2, -0.15) is 0 Å². The van der Waals surface area contributed by atoms with Gasteiger partial charge in [-0.3, -0.25) is 4.98 Å². The van der Waals surface area contributed by atoms with Crippen molar-refractivity contribution >= 4 is 34.2 Å². The minimum atomic E-state index is -0.540. The summed E-state index contributed by atoms with van der Waals surface area (Å²) in [7, 11) is 0. The van der Waals surface area contributed by atoms with Gasteiger partial charge in [0.15, 0.2) is 11.5 Å². The second kappa shape index (κ2) is 10.0. The first kappa shape index (κ1) is 21.4. The molecule has 0 N–H and O–H groups in total. The topological polar surface area (TPSA) is 51.7 Å². The lowest BCUT2D eigenvalue weighted by molar-refractivity contribution is 0.0730. The minimum Gasteiger partial charge on any atom is -0.490 e. The first-order chi connectivity index (χ1) is 15.2. The van der Waals surface area contributed by atoms with Crippen molar-refractivity contribution in [3.8, 4) is 11.5 Å². The second-order valence-electron chi connectivity index (χ2n) is 7.77. The number of nitrogens with zero attached hydrogens (tertiary/aromatic N) is 2. The van der Waals surface area contributed by atoms with Gasteiger partial charge in [-0.05, 0) is 43.5 Å². The minimum absolute atomic E-state index is 0.271. The van der Waals surface area contributed by atoms with Crippen LogP contribution in [-0.2, 0) is 0 Å². The Hall–Kier alpha value is -2.79. The summed E-state index contributed by atoms with van der Waals surface area (Å²) in [6.07, 6.45) is 7.36. The molecule has 5 nitrogen and oxygen atoms in total. The van der Waals surface area contributed by atoms with E-state index in [4.69, 9.17) is 21.1 Å². The zero-order valence-electron chi connectivity index (χ0n) is 17.8. The van der Waals surface area contributed by atoms with E-state index in [1.54, 1.807) is 18.2 Å². The molecule has 0 radical (unpaired) electrons. The molecular weight excluding hydrogens is 412 g/mol. The number of hydrogen-bond acceptors (Lipinski definition) is 5. The molecule has 4 rings (SSSR count). The highest BCUT2D eigenvalue weighted by Gasteiger charge is 2.21. The second-order valence-corrected chi connectivity index (χ2v) is 8.18. The zero-order chi connectivity index (χ0) is 21.6. The summed E-state index contributed by atoms with van der Waals surface area (Å²) in [6, 6.07) is 12.9. The predicted octanol–water partition coefficient (Wildman–Crippen LogP) is 6.28. The number of esters is 1. The highest BCUT2D eigenvalue weighted by Crippen LogP contribution is 2.32. The number of carbonyl (C=O) groups is 1. The van der Waals surface area contributed by atoms with E-state index in [1.807, 2.05) is 24.4 Å². The molecule has 2 aromatic carbocycles. The first-order valence-corrected chi connectivity index (χ1v) is 11.3. The molecule has 6 heteroatoms. The van der Waals surface area contributed by atoms with Crippen molar-refractivity contribution in [2.45, 2.75) is 39.0 Å². The summed E-state index contributed by atoms with van der Waals surface area (Å²) in [5.74, 6) is 0.389. The Bertz CT molecular complexity index is 1060. The maximum absolute atomic E-state index is 13.1. The zero-order valence-corrected chi connectivity index (χ0v) is 18.5. The summed E-state index contributed by atoms with van der Waals surface area (Å²) >= 11 is 6.41. The van der Waals surface area contributed by atoms with Crippen molar-refractivity contribution < 1.29 is 14.3 Å². The summed E-state index contributed by atoms with van der Waals surface area (Å²) in [4.78, 5) is 20.0. The number of hydrogen-bond donors (Lipinski definition) is 0. The van der Waals surface area contributed by atoms with Crippen LogP contribution in [0.15, 0.2) is 48.7 Å². The molecular formula is C25H27ClN2O3. The van der Waals surface area contributed by atoms with Crippen LogP contribution in [0.1, 0.15) is 49.4 Å². The fraction of sp³-hybridized carbons (Fsp3) is 0.360. The van der Waals surface area contributed by atoms with Crippen molar-refractivity contribution in [3.05, 3.63) is 59.2 Å². The van der Waals surface area contributed by atoms with Gasteiger partial charge in [0.2, 0.25) is 0 Å². The van der Waals surface area contributed by atoms with Crippen LogP contribution in [0, 0.1) is 0 Å². The van der Waals surface area contributed by atoms with E-state index in [0.717, 1.165) is 43.4 Å². The lowest BCUT2D eigenvalue weighted by atomic mass is 10.1. The third-order valence-electron chi connectivity index (χ3n) is 5.52. The number of halogens is 1. The number of rotatable bonds is 8. The standard InChI is InChI=1S/C25H27ClN2O3/c1-2-3-8-15-30-21-9-4-5-10-22(21)31-25(29)23-20(26)12-11-18-16-19(17-27-24(18)23)28-13-6-7-14-28/h4-5,9-12,16-17H,2-3,6-8,13-15H2,1H3. The van der Waals surface area contributed by atoms with Crippen molar-refractivity contribution in [2.24, 2.45) is 0 Å². The molecule has 1 fully saturated rings. The van der Waals surface area contributed by atoms with E-state index >= 15 is 0 Å². The van der Waals surface area contributed by atoms with Crippen LogP contribution in [-0.4, -0.2) is 30.6 Å². The summed E-state index contributed by atoms with van der Waals surface area (Å²) in [5, 5.41) is 1.19. The highest BCUT2D eigenvalue weighted by molar-refractivity contribution is 6.35. The lowest BCUT2D eigenvalue weighted by Crippen LogP contribution is -2.18. The maximum Gasteiger partial charge on any atom is 0.347 e. The number of ether oxygens (including phenoxy) is 2. The SMILES string of the molecule is CCCCCOc1ccccc1OC(=O)c1c(Cl)ccc2cc(N3CCCC3)cnc12. The number of benzene rings is 2. The van der Waals surface area contributed by atoms with Gasteiger partial charge in [0.25, 0.3) is 0 Å². The van der Waals surface area contributed by atoms with Crippen LogP contribution in [0.5, 0.6) is 11.5 Å². The number of fused-ring (bicyclic) bond motifs is 1. The molecule has 0 aliphatic carbocycles. The monoisotopic (exact) mass is 438 g/mol. The number of carbonyl (C=O) groups excluding carboxylic acids is 1. The lowest BCUT2D eigenvalue weighted by Gasteiger charge is -2.18. The van der Waals surface area contributed by atoms with Crippen molar-refractivity contribution in [1.29, 1.82) is 0 Å². The van der Waals surface area contributed by atoms with Crippen LogP contribution >= 0.6 is 11.6 Å². The number of pyridine rings is 1. The van der Waals surface area contributed by atoms with Crippen molar-refractivity contribution in [1.82, 2.24) is 4.98 Å². The molecule has 162 valence electrons. The molecule has 0 amide bonds. The van der Waals surface area contributed by atoms with Gasteiger partial charge >= 0.3 is 5.97 Å². The molecule has 2 heterocycles. The van der Waals surface area contributed by atoms with Crippen LogP contribution in [0.25, 0.3) is 10.9 Å². The summed E-state index contributed by atoms with van der Waals surface area (Å²) in [6.45, 7) is 4.79. The molecule has 0 saturated carbocycles. The van der Waals surface area contributed by atoms with Crippen molar-refractivity contribution in [3.63, 3.8) is 0 Å². The number of anilines is 1. The van der Waals surface area contributed by atoms with Crippen LogP contribution < -0.4 is 14.4 Å². The van der Waals surface area contributed by atoms with Gasteiger partial charge in [-0.25, -0.2) is 4.79 Å². The maximum atomic E-state index is 13.1. The molecule has 0 spiro atoms. The molecule has 0 atom stereocenters. The van der Waals surface area contributed by atoms with Gasteiger partial charge in [-0.1, -0.05) is 49.6 Å². The Morgan fingerprint density at radius 1 is 1.10 bits per heavy atom. The molecule has 1 aromatic heterocycles. The van der Waals surface area contributed by atoms with Gasteiger partial charge in [0.05, 0.1) is 29.0 Å². The average molecular weight is 439 g/mol.